The van der Waals surface area contributed by atoms with E-state index in [1.54, 1.807) is 14.2 Å². The maximum atomic E-state index is 11.7. The monoisotopic (exact) mass is 354 g/mol. The molecule has 6 heteroatoms. The van der Waals surface area contributed by atoms with Crippen molar-refractivity contribution in [2.24, 2.45) is 0 Å². The van der Waals surface area contributed by atoms with E-state index in [4.69, 9.17) is 9.47 Å². The van der Waals surface area contributed by atoms with Crippen LogP contribution in [0.25, 0.3) is 0 Å². The van der Waals surface area contributed by atoms with E-state index < -0.39 is 0 Å². The number of carbonyl (C=O) groups excluding carboxylic acids is 1. The van der Waals surface area contributed by atoms with Crippen LogP contribution in [0, 0.1) is 0 Å². The molecule has 0 spiro atoms. The molecule has 2 atom stereocenters. The molecule has 3 rings (SSSR count). The number of halogens is 1. The van der Waals surface area contributed by atoms with Crippen molar-refractivity contribution in [2.45, 2.75) is 44.7 Å². The summed E-state index contributed by atoms with van der Waals surface area (Å²) in [7, 11) is 3.35. The molecule has 1 aromatic rings. The maximum Gasteiger partial charge on any atom is 0.219 e. The molecule has 2 aliphatic rings. The fraction of sp³-hybridized carbons (Fsp3) is 0.611. The summed E-state index contributed by atoms with van der Waals surface area (Å²) in [4.78, 5) is 14.2. The van der Waals surface area contributed by atoms with Crippen LogP contribution in [-0.2, 0) is 11.2 Å². The van der Waals surface area contributed by atoms with E-state index >= 15 is 0 Å². The molecule has 5 nitrogen and oxygen atoms in total. The molecule has 0 aromatic heterocycles. The van der Waals surface area contributed by atoms with E-state index in [1.165, 1.54) is 11.1 Å². The van der Waals surface area contributed by atoms with Gasteiger partial charge in [0, 0.05) is 31.6 Å². The third-order valence-electron chi connectivity index (χ3n) is 5.07. The summed E-state index contributed by atoms with van der Waals surface area (Å²) >= 11 is 0. The largest absolute Gasteiger partial charge is 0.493 e. The quantitative estimate of drug-likeness (QED) is 0.903. The number of rotatable bonds is 4. The Morgan fingerprint density at radius 2 is 1.96 bits per heavy atom. The summed E-state index contributed by atoms with van der Waals surface area (Å²) in [6.07, 6.45) is 3.59. The number of hydrogen-bond donors (Lipinski definition) is 1. The minimum atomic E-state index is 0. The van der Waals surface area contributed by atoms with Gasteiger partial charge >= 0.3 is 0 Å². The number of methoxy groups -OCH3 is 2. The second-order valence-corrected chi connectivity index (χ2v) is 6.35. The summed E-state index contributed by atoms with van der Waals surface area (Å²) in [5.74, 6) is 1.73. The first-order chi connectivity index (χ1) is 11.2. The standard InChI is InChI=1S/C18H26N2O3.ClH/c1-4-18(21)19-13-6-8-20-7-5-12-9-16(22-2)17(23-3)11-14(12)15(20)10-13;/h9,11,13,15H,4-8,10H2,1-3H3,(H,19,21);1H. The van der Waals surface area contributed by atoms with Crippen LogP contribution in [0.5, 0.6) is 11.5 Å². The lowest BCUT2D eigenvalue weighted by Crippen LogP contribution is -2.48. The SMILES string of the molecule is CCC(=O)NC1CCN2CCc3cc(OC)c(OC)cc3C2C1.Cl. The number of nitrogens with one attached hydrogen (secondary N) is 1. The van der Waals surface area contributed by atoms with Gasteiger partial charge in [0.2, 0.25) is 5.91 Å². The van der Waals surface area contributed by atoms with Gasteiger partial charge in [-0.05, 0) is 42.5 Å². The molecule has 24 heavy (non-hydrogen) atoms. The maximum absolute atomic E-state index is 11.7. The highest BCUT2D eigenvalue weighted by atomic mass is 35.5. The lowest BCUT2D eigenvalue weighted by Gasteiger charge is -2.43. The van der Waals surface area contributed by atoms with Crippen LogP contribution in [0.15, 0.2) is 12.1 Å². The van der Waals surface area contributed by atoms with Crippen molar-refractivity contribution in [1.82, 2.24) is 10.2 Å². The first kappa shape index (κ1) is 18.9. The Morgan fingerprint density at radius 1 is 1.25 bits per heavy atom. The van der Waals surface area contributed by atoms with Gasteiger partial charge in [0.25, 0.3) is 0 Å². The van der Waals surface area contributed by atoms with Gasteiger partial charge in [0.1, 0.15) is 0 Å². The Hall–Kier alpha value is -1.46. The second-order valence-electron chi connectivity index (χ2n) is 6.35. The number of fused-ring (bicyclic) bond motifs is 3. The molecule has 0 radical (unpaired) electrons. The van der Waals surface area contributed by atoms with Crippen LogP contribution >= 0.6 is 12.4 Å². The predicted octanol–water partition coefficient (Wildman–Crippen LogP) is 2.71. The molecule has 2 unspecified atom stereocenters. The lowest BCUT2D eigenvalue weighted by molar-refractivity contribution is -0.122. The molecular formula is C18H27ClN2O3. The van der Waals surface area contributed by atoms with E-state index in [1.807, 2.05) is 6.92 Å². The van der Waals surface area contributed by atoms with Crippen molar-refractivity contribution >= 4 is 18.3 Å². The molecule has 1 aromatic carbocycles. The van der Waals surface area contributed by atoms with Crippen LogP contribution in [0.2, 0.25) is 0 Å². The number of piperidine rings is 1. The molecule has 2 heterocycles. The van der Waals surface area contributed by atoms with Crippen molar-refractivity contribution in [3.63, 3.8) is 0 Å². The van der Waals surface area contributed by atoms with Crippen LogP contribution in [0.3, 0.4) is 0 Å². The van der Waals surface area contributed by atoms with E-state index in [2.05, 4.69) is 22.3 Å². The zero-order chi connectivity index (χ0) is 16.4. The molecule has 1 fully saturated rings. The fourth-order valence-electron chi connectivity index (χ4n) is 3.79. The summed E-state index contributed by atoms with van der Waals surface area (Å²) in [5.41, 5.74) is 2.66. The van der Waals surface area contributed by atoms with Gasteiger partial charge in [-0.3, -0.25) is 9.69 Å². The van der Waals surface area contributed by atoms with Crippen molar-refractivity contribution in [1.29, 1.82) is 0 Å². The van der Waals surface area contributed by atoms with Gasteiger partial charge < -0.3 is 14.8 Å². The number of ether oxygens (including phenoxy) is 2. The molecule has 2 aliphatic heterocycles. The molecule has 0 aliphatic carbocycles. The second kappa shape index (κ2) is 8.08. The smallest absolute Gasteiger partial charge is 0.219 e. The third kappa shape index (κ3) is 3.62. The number of carbonyl (C=O) groups is 1. The van der Waals surface area contributed by atoms with E-state index in [-0.39, 0.29) is 24.4 Å². The van der Waals surface area contributed by atoms with Crippen LogP contribution in [0.4, 0.5) is 0 Å². The average Bonchev–Trinajstić information content (AvgIpc) is 2.60. The Morgan fingerprint density at radius 3 is 2.62 bits per heavy atom. The Bertz CT molecular complexity index is 594. The third-order valence-corrected chi connectivity index (χ3v) is 5.07. The molecule has 134 valence electrons. The zero-order valence-electron chi connectivity index (χ0n) is 14.6. The summed E-state index contributed by atoms with van der Waals surface area (Å²) in [6, 6.07) is 4.85. The zero-order valence-corrected chi connectivity index (χ0v) is 15.4. The summed E-state index contributed by atoms with van der Waals surface area (Å²) in [5, 5.41) is 3.16. The molecule has 1 N–H and O–H groups in total. The molecule has 1 saturated heterocycles. The van der Waals surface area contributed by atoms with Crippen molar-refractivity contribution < 1.29 is 14.3 Å². The Kier molecular flexibility index (Phi) is 6.35. The number of benzene rings is 1. The van der Waals surface area contributed by atoms with Gasteiger partial charge in [-0.15, -0.1) is 12.4 Å². The molecule has 1 amide bonds. The first-order valence-electron chi connectivity index (χ1n) is 8.44. The van der Waals surface area contributed by atoms with Gasteiger partial charge in [-0.1, -0.05) is 6.92 Å². The highest BCUT2D eigenvalue weighted by molar-refractivity contribution is 5.85. The summed E-state index contributed by atoms with van der Waals surface area (Å²) in [6.45, 7) is 4.01. The van der Waals surface area contributed by atoms with Crippen LogP contribution < -0.4 is 14.8 Å². The highest BCUT2D eigenvalue weighted by Crippen LogP contribution is 2.41. The number of nitrogens with zero attached hydrogens (tertiary/aromatic N) is 1. The summed E-state index contributed by atoms with van der Waals surface area (Å²) < 4.78 is 10.9. The van der Waals surface area contributed by atoms with Gasteiger partial charge in [0.15, 0.2) is 11.5 Å². The average molecular weight is 355 g/mol. The number of hydrogen-bond acceptors (Lipinski definition) is 4. The lowest BCUT2D eigenvalue weighted by atomic mass is 9.84. The van der Waals surface area contributed by atoms with Gasteiger partial charge in [-0.2, -0.15) is 0 Å². The fourth-order valence-corrected chi connectivity index (χ4v) is 3.79. The predicted molar refractivity (Wildman–Crippen MR) is 96.3 cm³/mol. The topological polar surface area (TPSA) is 50.8 Å². The van der Waals surface area contributed by atoms with Crippen molar-refractivity contribution in [3.8, 4) is 11.5 Å². The minimum absolute atomic E-state index is 0. The molecule has 0 bridgehead atoms. The Labute approximate surface area is 150 Å². The van der Waals surface area contributed by atoms with Gasteiger partial charge in [-0.25, -0.2) is 0 Å². The highest BCUT2D eigenvalue weighted by Gasteiger charge is 2.34. The van der Waals surface area contributed by atoms with E-state index in [9.17, 15) is 4.79 Å². The van der Waals surface area contributed by atoms with E-state index in [0.29, 0.717) is 12.5 Å². The van der Waals surface area contributed by atoms with Gasteiger partial charge in [0.05, 0.1) is 14.2 Å². The molecular weight excluding hydrogens is 328 g/mol. The van der Waals surface area contributed by atoms with E-state index in [0.717, 1.165) is 43.9 Å². The minimum Gasteiger partial charge on any atom is -0.493 e. The van der Waals surface area contributed by atoms with Crippen molar-refractivity contribution in [3.05, 3.63) is 23.3 Å². The van der Waals surface area contributed by atoms with Crippen molar-refractivity contribution in [2.75, 3.05) is 27.3 Å². The normalized spacial score (nSPS) is 22.6. The van der Waals surface area contributed by atoms with Crippen LogP contribution in [-0.4, -0.2) is 44.2 Å². The Balaban J connectivity index is 0.00000208. The molecule has 0 saturated carbocycles. The number of amides is 1. The van der Waals surface area contributed by atoms with Crippen LogP contribution in [0.1, 0.15) is 43.4 Å². The first-order valence-corrected chi connectivity index (χ1v) is 8.44.